The van der Waals surface area contributed by atoms with Crippen LogP contribution in [0.1, 0.15) is 94.3 Å². The molecule has 0 aliphatic carbocycles. The molecule has 2 saturated heterocycles. The van der Waals surface area contributed by atoms with Crippen molar-refractivity contribution in [2.75, 3.05) is 14.2 Å². The van der Waals surface area contributed by atoms with Crippen LogP contribution in [0.4, 0.5) is 9.59 Å². The second kappa shape index (κ2) is 16.8. The lowest BCUT2D eigenvalue weighted by Crippen LogP contribution is -2.52. The highest BCUT2D eigenvalue weighted by Gasteiger charge is 2.42. The fourth-order valence-corrected chi connectivity index (χ4v) is 9.65. The summed E-state index contributed by atoms with van der Waals surface area (Å²) in [5.74, 6) is 1.64. The molecule has 6 unspecified atom stereocenters. The van der Waals surface area contributed by atoms with Crippen LogP contribution in [-0.4, -0.2) is 86.1 Å². The van der Waals surface area contributed by atoms with Crippen molar-refractivity contribution in [2.45, 2.75) is 96.2 Å². The van der Waals surface area contributed by atoms with E-state index in [1.165, 1.54) is 14.2 Å². The number of methoxy groups -OCH3 is 2. The number of aromatic amines is 2. The van der Waals surface area contributed by atoms with E-state index in [1.807, 2.05) is 80.1 Å². The van der Waals surface area contributed by atoms with Gasteiger partial charge in [-0.3, -0.25) is 9.59 Å². The Kier molecular flexibility index (Phi) is 11.0. The van der Waals surface area contributed by atoms with E-state index in [1.54, 1.807) is 0 Å². The highest BCUT2D eigenvalue weighted by Crippen LogP contribution is 2.44. The van der Waals surface area contributed by atoms with E-state index in [-0.39, 0.29) is 41.9 Å². The summed E-state index contributed by atoms with van der Waals surface area (Å²) in [5, 5.41) is 7.42. The fraction of sp³-hybridized carbons (Fsp3) is 0.375. The van der Waals surface area contributed by atoms with Crippen LogP contribution < -0.4 is 15.4 Å². The lowest BCUT2D eigenvalue weighted by Gasteiger charge is -2.32. The number of likely N-dealkylation sites (tertiary alicyclic amines) is 2. The minimum atomic E-state index is -0.919. The minimum Gasteiger partial charge on any atom is -0.488 e. The zero-order valence-corrected chi connectivity index (χ0v) is 36.2. The number of hydrogen-bond donors (Lipinski definition) is 4. The van der Waals surface area contributed by atoms with E-state index in [9.17, 15) is 19.2 Å². The van der Waals surface area contributed by atoms with E-state index in [0.29, 0.717) is 30.2 Å². The summed E-state index contributed by atoms with van der Waals surface area (Å²) < 4.78 is 16.1. The maximum absolute atomic E-state index is 14.3. The normalized spacial score (nSPS) is 20.2. The first-order valence-corrected chi connectivity index (χ1v) is 21.6. The lowest BCUT2D eigenvalue weighted by atomic mass is 9.92. The van der Waals surface area contributed by atoms with Gasteiger partial charge in [0.1, 0.15) is 36.1 Å². The topological polar surface area (TPSA) is 184 Å². The van der Waals surface area contributed by atoms with Gasteiger partial charge in [0.25, 0.3) is 5.91 Å². The van der Waals surface area contributed by atoms with Crippen LogP contribution in [0.3, 0.4) is 0 Å². The Morgan fingerprint density at radius 1 is 0.778 bits per heavy atom. The predicted octanol–water partition coefficient (Wildman–Crippen LogP) is 8.25. The summed E-state index contributed by atoms with van der Waals surface area (Å²) in [4.78, 5) is 73.4. The molecule has 6 atom stereocenters. The Labute approximate surface area is 364 Å². The number of ether oxygens (including phenoxy) is 3. The molecular weight excluding hydrogens is 801 g/mol. The Hall–Kier alpha value is -6.90. The van der Waals surface area contributed by atoms with E-state index in [0.717, 1.165) is 74.8 Å². The molecule has 6 aromatic rings. The molecule has 0 spiro atoms. The first kappa shape index (κ1) is 41.5. The number of H-pyrrole nitrogens is 2. The first-order valence-electron chi connectivity index (χ1n) is 21.6. The molecular formula is C48H52N8O7. The smallest absolute Gasteiger partial charge is 0.407 e. The number of benzene rings is 4. The third-order valence-electron chi connectivity index (χ3n) is 13.0. The van der Waals surface area contributed by atoms with Gasteiger partial charge in [-0.05, 0) is 97.4 Å². The number of nitrogens with zero attached hydrogens (tertiary/aromatic N) is 4. The first-order chi connectivity index (χ1) is 30.4. The quantitative estimate of drug-likeness (QED) is 0.111. The van der Waals surface area contributed by atoms with Crippen LogP contribution in [-0.2, 0) is 25.7 Å². The summed E-state index contributed by atoms with van der Waals surface area (Å²) >= 11 is 0. The number of nitrogens with one attached hydrogen (secondary N) is 4. The average Bonchev–Trinajstić information content (AvgIpc) is 4.12. The van der Waals surface area contributed by atoms with Crippen molar-refractivity contribution in [2.24, 2.45) is 5.92 Å². The fourth-order valence-electron chi connectivity index (χ4n) is 9.65. The number of imidazole rings is 2. The third-order valence-corrected chi connectivity index (χ3v) is 13.0. The van der Waals surface area contributed by atoms with Crippen molar-refractivity contribution in [3.8, 4) is 28.1 Å². The van der Waals surface area contributed by atoms with Crippen LogP contribution in [0.25, 0.3) is 44.2 Å². The van der Waals surface area contributed by atoms with E-state index >= 15 is 0 Å². The van der Waals surface area contributed by atoms with Crippen LogP contribution in [0.2, 0.25) is 0 Å². The summed E-state index contributed by atoms with van der Waals surface area (Å²) in [6.07, 6.45) is 3.57. The molecule has 4 N–H and O–H groups in total. The summed E-state index contributed by atoms with van der Waals surface area (Å²) in [6.45, 7) is 8.24. The number of rotatable bonds is 9. The number of alkyl carbamates (subject to hydrolysis) is 2. The Bertz CT molecular complexity index is 2730. The van der Waals surface area contributed by atoms with Gasteiger partial charge >= 0.3 is 12.2 Å². The van der Waals surface area contributed by atoms with E-state index in [4.69, 9.17) is 24.2 Å². The van der Waals surface area contributed by atoms with Crippen molar-refractivity contribution < 1.29 is 33.4 Å². The van der Waals surface area contributed by atoms with Crippen LogP contribution in [0.5, 0.6) is 5.75 Å². The van der Waals surface area contributed by atoms with Gasteiger partial charge < -0.3 is 44.6 Å². The molecule has 3 aliphatic rings. The maximum atomic E-state index is 14.3. The molecule has 0 bridgehead atoms. The molecule has 0 saturated carbocycles. The molecule has 63 heavy (non-hydrogen) atoms. The van der Waals surface area contributed by atoms with Crippen LogP contribution >= 0.6 is 0 Å². The molecule has 9 rings (SSSR count). The summed E-state index contributed by atoms with van der Waals surface area (Å²) in [6, 6.07) is 21.5. The van der Waals surface area contributed by atoms with Crippen LogP contribution in [0, 0.1) is 5.92 Å². The summed E-state index contributed by atoms with van der Waals surface area (Å²) in [5.41, 5.74) is 7.20. The largest absolute Gasteiger partial charge is 0.488 e. The lowest BCUT2D eigenvalue weighted by molar-refractivity contribution is -0.137. The van der Waals surface area contributed by atoms with Gasteiger partial charge in [0, 0.05) is 23.0 Å². The monoisotopic (exact) mass is 852 g/mol. The number of aromatic nitrogens is 4. The number of hydrogen-bond acceptors (Lipinski definition) is 9. The molecule has 15 heteroatoms. The van der Waals surface area contributed by atoms with E-state index < -0.39 is 24.3 Å². The number of amides is 4. The van der Waals surface area contributed by atoms with Gasteiger partial charge in [0.2, 0.25) is 5.91 Å². The molecule has 2 fully saturated rings. The second-order valence-corrected chi connectivity index (χ2v) is 17.2. The molecule has 3 aliphatic heterocycles. The SMILES string of the molecule is COC(=O)NC(C(=O)N1C(C)CCC1c1nc2c(ccc3cc4c(cc32)OCc2cc(-c3cnc(C5CCC(C)N5C(=O)C(NC(=O)OC)C(C)C)[nH]3)ccc2-4)[nH]1)c1ccccc1. The standard InChI is InChI=1S/C48H52N8O7/c1-25(2)40(53-47(59)61-5)45(57)55-26(3)12-18-37(55)43-49-23-36(51-43)30-14-16-32-31(20-30)24-63-39-22-33-29(21-34(32)39)15-17-35-42(33)52-44(50-35)38-19-13-27(4)56(38)46(58)41(54-48(60)62-6)28-10-8-7-9-11-28/h7-11,14-17,20-23,25-27,37-38,40-41H,12-13,18-19,24H2,1-6H3,(H,49,51)(H,50,52)(H,53,59)(H,54,60). The van der Waals surface area contributed by atoms with Crippen molar-refractivity contribution in [3.63, 3.8) is 0 Å². The molecule has 15 nitrogen and oxygen atoms in total. The van der Waals surface area contributed by atoms with Gasteiger partial charge in [-0.1, -0.05) is 62.4 Å². The third kappa shape index (κ3) is 7.59. The van der Waals surface area contributed by atoms with Crippen molar-refractivity contribution in [1.82, 2.24) is 40.4 Å². The maximum Gasteiger partial charge on any atom is 0.407 e. The molecule has 326 valence electrons. The minimum absolute atomic E-state index is 0.0198. The molecule has 0 radical (unpaired) electrons. The Morgan fingerprint density at radius 2 is 1.48 bits per heavy atom. The Balaban J connectivity index is 0.973. The Morgan fingerprint density at radius 3 is 2.19 bits per heavy atom. The number of carbonyl (C=O) groups excluding carboxylic acids is 4. The highest BCUT2D eigenvalue weighted by atomic mass is 16.5. The van der Waals surface area contributed by atoms with Gasteiger partial charge in [0.05, 0.1) is 49.2 Å². The molecule has 4 aromatic carbocycles. The van der Waals surface area contributed by atoms with Gasteiger partial charge in [0.15, 0.2) is 0 Å². The van der Waals surface area contributed by atoms with Crippen molar-refractivity contribution in [1.29, 1.82) is 0 Å². The predicted molar refractivity (Wildman–Crippen MR) is 236 cm³/mol. The molecule has 5 heterocycles. The van der Waals surface area contributed by atoms with E-state index in [2.05, 4.69) is 57.0 Å². The average molecular weight is 853 g/mol. The zero-order valence-electron chi connectivity index (χ0n) is 36.2. The highest BCUT2D eigenvalue weighted by molar-refractivity contribution is 6.07. The molecule has 2 aromatic heterocycles. The molecule has 4 amide bonds. The van der Waals surface area contributed by atoms with Crippen molar-refractivity contribution in [3.05, 3.63) is 102 Å². The number of fused-ring (bicyclic) bond motifs is 6. The van der Waals surface area contributed by atoms with Gasteiger partial charge in [-0.15, -0.1) is 0 Å². The van der Waals surface area contributed by atoms with Crippen LogP contribution in [0.15, 0.2) is 79.0 Å². The summed E-state index contributed by atoms with van der Waals surface area (Å²) in [7, 11) is 2.58. The van der Waals surface area contributed by atoms with Crippen molar-refractivity contribution >= 4 is 45.8 Å². The van der Waals surface area contributed by atoms with Gasteiger partial charge in [-0.2, -0.15) is 0 Å². The number of carbonyl (C=O) groups is 4. The van der Waals surface area contributed by atoms with Gasteiger partial charge in [-0.25, -0.2) is 19.6 Å². The zero-order chi connectivity index (χ0) is 44.1. The second-order valence-electron chi connectivity index (χ2n) is 17.2.